The van der Waals surface area contributed by atoms with Gasteiger partial charge in [0.25, 0.3) is 11.5 Å². The minimum Gasteiger partial charge on any atom is -0.385 e. The van der Waals surface area contributed by atoms with E-state index in [4.69, 9.17) is 4.74 Å². The van der Waals surface area contributed by atoms with Gasteiger partial charge >= 0.3 is 0 Å². The molecule has 1 aromatic carbocycles. The number of carbonyl (C=O) groups is 1. The molecule has 0 saturated heterocycles. The summed E-state index contributed by atoms with van der Waals surface area (Å²) in [5.74, 6) is -0.414. The quantitative estimate of drug-likeness (QED) is 0.697. The Labute approximate surface area is 142 Å². The van der Waals surface area contributed by atoms with Crippen molar-refractivity contribution in [2.75, 3.05) is 20.3 Å². The Hall–Kier alpha value is -2.51. The molecule has 0 radical (unpaired) electrons. The number of amides is 1. The predicted octanol–water partition coefficient (Wildman–Crippen LogP) is 2.19. The fraction of sp³-hybridized carbons (Fsp3) is 0.235. The van der Waals surface area contributed by atoms with E-state index in [-0.39, 0.29) is 11.1 Å². The Morgan fingerprint density at radius 3 is 2.88 bits per heavy atom. The first-order valence-corrected chi connectivity index (χ1v) is 8.42. The molecule has 0 spiro atoms. The van der Waals surface area contributed by atoms with E-state index in [1.807, 2.05) is 35.7 Å². The highest BCUT2D eigenvalue weighted by atomic mass is 32.1. The zero-order valence-electron chi connectivity index (χ0n) is 13.2. The Morgan fingerprint density at radius 2 is 2.12 bits per heavy atom. The van der Waals surface area contributed by atoms with Crippen LogP contribution >= 0.6 is 11.3 Å². The van der Waals surface area contributed by atoms with Gasteiger partial charge in [0, 0.05) is 31.8 Å². The molecular formula is C17H17N3O3S. The van der Waals surface area contributed by atoms with Gasteiger partial charge in [-0.3, -0.25) is 14.0 Å². The van der Waals surface area contributed by atoms with Crippen molar-refractivity contribution in [3.63, 3.8) is 0 Å². The summed E-state index contributed by atoms with van der Waals surface area (Å²) in [6, 6.07) is 9.57. The second-order valence-electron chi connectivity index (χ2n) is 5.18. The van der Waals surface area contributed by atoms with Crippen molar-refractivity contribution >= 4 is 22.2 Å². The molecule has 3 rings (SSSR count). The van der Waals surface area contributed by atoms with Crippen molar-refractivity contribution in [2.24, 2.45) is 0 Å². The van der Waals surface area contributed by atoms with Gasteiger partial charge in [0.2, 0.25) is 0 Å². The van der Waals surface area contributed by atoms with Crippen LogP contribution in [0.15, 0.2) is 46.7 Å². The number of thiazole rings is 1. The van der Waals surface area contributed by atoms with E-state index in [9.17, 15) is 9.59 Å². The molecule has 0 unspecified atom stereocenters. The molecule has 0 saturated carbocycles. The van der Waals surface area contributed by atoms with Crippen molar-refractivity contribution in [1.29, 1.82) is 0 Å². The standard InChI is InChI=1S/C17H17N3O3S/c1-23-9-5-8-18-15(21)13-10-19-17-20(16(13)22)14(11-24-17)12-6-3-2-4-7-12/h2-4,6-7,10-11H,5,8-9H2,1H3,(H,18,21). The van der Waals surface area contributed by atoms with Gasteiger partial charge in [-0.15, -0.1) is 11.3 Å². The number of fused-ring (bicyclic) bond motifs is 1. The average Bonchev–Trinajstić information content (AvgIpc) is 3.04. The van der Waals surface area contributed by atoms with Crippen LogP contribution in [0.2, 0.25) is 0 Å². The molecule has 0 aliphatic heterocycles. The van der Waals surface area contributed by atoms with E-state index in [1.165, 1.54) is 21.9 Å². The Bertz CT molecular complexity index is 902. The van der Waals surface area contributed by atoms with Gasteiger partial charge in [-0.25, -0.2) is 4.98 Å². The zero-order chi connectivity index (χ0) is 16.9. The van der Waals surface area contributed by atoms with Crippen LogP contribution in [0.3, 0.4) is 0 Å². The van der Waals surface area contributed by atoms with E-state index in [2.05, 4.69) is 10.3 Å². The summed E-state index contributed by atoms with van der Waals surface area (Å²) in [5.41, 5.74) is 1.33. The van der Waals surface area contributed by atoms with Crippen molar-refractivity contribution < 1.29 is 9.53 Å². The molecule has 124 valence electrons. The number of hydrogen-bond acceptors (Lipinski definition) is 5. The van der Waals surface area contributed by atoms with E-state index < -0.39 is 5.91 Å². The molecule has 1 amide bonds. The molecule has 0 aliphatic rings. The van der Waals surface area contributed by atoms with E-state index >= 15 is 0 Å². The number of benzene rings is 1. The van der Waals surface area contributed by atoms with Crippen LogP contribution in [-0.4, -0.2) is 35.6 Å². The molecule has 24 heavy (non-hydrogen) atoms. The number of carbonyl (C=O) groups excluding carboxylic acids is 1. The third-order valence-electron chi connectivity index (χ3n) is 3.57. The summed E-state index contributed by atoms with van der Waals surface area (Å²) in [6.45, 7) is 1.00. The predicted molar refractivity (Wildman–Crippen MR) is 93.6 cm³/mol. The van der Waals surface area contributed by atoms with Gasteiger partial charge in [0.15, 0.2) is 4.96 Å². The number of hydrogen-bond donors (Lipinski definition) is 1. The topological polar surface area (TPSA) is 72.7 Å². The van der Waals surface area contributed by atoms with E-state index in [0.29, 0.717) is 24.5 Å². The smallest absolute Gasteiger partial charge is 0.271 e. The van der Waals surface area contributed by atoms with E-state index in [0.717, 1.165) is 11.3 Å². The minimum absolute atomic E-state index is 0.0421. The van der Waals surface area contributed by atoms with Crippen LogP contribution in [0.4, 0.5) is 0 Å². The molecule has 7 heteroatoms. The number of aromatic nitrogens is 2. The molecule has 2 aromatic heterocycles. The monoisotopic (exact) mass is 343 g/mol. The molecule has 0 fully saturated rings. The Balaban J connectivity index is 1.95. The maximum absolute atomic E-state index is 12.8. The van der Waals surface area contributed by atoms with Crippen molar-refractivity contribution in [2.45, 2.75) is 6.42 Å². The lowest BCUT2D eigenvalue weighted by atomic mass is 10.2. The van der Waals surface area contributed by atoms with Crippen LogP contribution in [0.25, 0.3) is 16.2 Å². The molecule has 6 nitrogen and oxygen atoms in total. The third kappa shape index (κ3) is 3.22. The number of nitrogens with zero attached hydrogens (tertiary/aromatic N) is 2. The first-order chi connectivity index (χ1) is 11.7. The summed E-state index contributed by atoms with van der Waals surface area (Å²) in [6.07, 6.45) is 2.03. The lowest BCUT2D eigenvalue weighted by molar-refractivity contribution is 0.0946. The van der Waals surface area contributed by atoms with Crippen molar-refractivity contribution in [1.82, 2.24) is 14.7 Å². The fourth-order valence-electron chi connectivity index (χ4n) is 2.37. The van der Waals surface area contributed by atoms with Crippen LogP contribution < -0.4 is 10.9 Å². The minimum atomic E-state index is -0.414. The summed E-state index contributed by atoms with van der Waals surface area (Å²) in [5, 5.41) is 4.60. The van der Waals surface area contributed by atoms with Gasteiger partial charge in [0.1, 0.15) is 5.56 Å². The van der Waals surface area contributed by atoms with Gasteiger partial charge in [-0.2, -0.15) is 0 Å². The van der Waals surface area contributed by atoms with Gasteiger partial charge in [-0.1, -0.05) is 30.3 Å². The first-order valence-electron chi connectivity index (χ1n) is 7.54. The highest BCUT2D eigenvalue weighted by molar-refractivity contribution is 7.15. The number of rotatable bonds is 6. The normalized spacial score (nSPS) is 10.9. The molecule has 1 N–H and O–H groups in total. The maximum atomic E-state index is 12.8. The third-order valence-corrected chi connectivity index (χ3v) is 4.41. The largest absolute Gasteiger partial charge is 0.385 e. The SMILES string of the molecule is COCCCNC(=O)c1cnc2scc(-c3ccccc3)n2c1=O. The second-order valence-corrected chi connectivity index (χ2v) is 6.02. The number of methoxy groups -OCH3 is 1. The van der Waals surface area contributed by atoms with Gasteiger partial charge in [0.05, 0.1) is 5.69 Å². The van der Waals surface area contributed by atoms with Crippen LogP contribution in [0.5, 0.6) is 0 Å². The molecule has 0 bridgehead atoms. The summed E-state index contributed by atoms with van der Waals surface area (Å²) < 4.78 is 6.43. The highest BCUT2D eigenvalue weighted by Gasteiger charge is 2.16. The lowest BCUT2D eigenvalue weighted by Crippen LogP contribution is -2.32. The average molecular weight is 343 g/mol. The molecule has 2 heterocycles. The highest BCUT2D eigenvalue weighted by Crippen LogP contribution is 2.23. The van der Waals surface area contributed by atoms with Crippen LogP contribution in [0, 0.1) is 0 Å². The molecule has 0 atom stereocenters. The zero-order valence-corrected chi connectivity index (χ0v) is 14.0. The second kappa shape index (κ2) is 7.37. The summed E-state index contributed by atoms with van der Waals surface area (Å²) >= 11 is 1.37. The van der Waals surface area contributed by atoms with Crippen LogP contribution in [-0.2, 0) is 4.74 Å². The molecule has 3 aromatic rings. The fourth-order valence-corrected chi connectivity index (χ4v) is 3.23. The van der Waals surface area contributed by atoms with Gasteiger partial charge < -0.3 is 10.1 Å². The Kier molecular flexibility index (Phi) is 5.02. The summed E-state index contributed by atoms with van der Waals surface area (Å²) in [4.78, 5) is 29.8. The van der Waals surface area contributed by atoms with E-state index in [1.54, 1.807) is 7.11 Å². The first kappa shape index (κ1) is 16.4. The summed E-state index contributed by atoms with van der Waals surface area (Å²) in [7, 11) is 1.60. The van der Waals surface area contributed by atoms with Crippen LogP contribution in [0.1, 0.15) is 16.8 Å². The molecular weight excluding hydrogens is 326 g/mol. The Morgan fingerprint density at radius 1 is 1.33 bits per heavy atom. The molecule has 0 aliphatic carbocycles. The van der Waals surface area contributed by atoms with Crippen molar-refractivity contribution in [3.05, 3.63) is 57.8 Å². The lowest BCUT2D eigenvalue weighted by Gasteiger charge is -2.06. The maximum Gasteiger partial charge on any atom is 0.271 e. The van der Waals surface area contributed by atoms with Gasteiger partial charge in [-0.05, 0) is 12.0 Å². The van der Waals surface area contributed by atoms with Crippen molar-refractivity contribution in [3.8, 4) is 11.3 Å². The number of ether oxygens (including phenoxy) is 1. The number of nitrogens with one attached hydrogen (secondary N) is 1.